The van der Waals surface area contributed by atoms with E-state index >= 15 is 0 Å². The second-order valence-corrected chi connectivity index (χ2v) is 5.54. The predicted octanol–water partition coefficient (Wildman–Crippen LogP) is 4.17. The average Bonchev–Trinajstić information content (AvgIpc) is 2.26. The van der Waals surface area contributed by atoms with Crippen LogP contribution >= 0.6 is 39.1 Å². The number of carbonyl (C=O) groups is 1. The minimum absolute atomic E-state index is 0.291. The van der Waals surface area contributed by atoms with Gasteiger partial charge in [-0.2, -0.15) is 0 Å². The molecule has 0 N–H and O–H groups in total. The summed E-state index contributed by atoms with van der Waals surface area (Å²) in [6.45, 7) is 4.02. The lowest BCUT2D eigenvalue weighted by molar-refractivity contribution is -0.142. The van der Waals surface area contributed by atoms with Crippen LogP contribution in [0.5, 0.6) is 0 Å². The quantitative estimate of drug-likeness (QED) is 0.607. The highest BCUT2D eigenvalue weighted by atomic mass is 79.9. The maximum Gasteiger partial charge on any atom is 0.320 e. The van der Waals surface area contributed by atoms with Crippen LogP contribution in [-0.2, 0) is 16.0 Å². The number of hydrogen-bond donors (Lipinski definition) is 0. The number of aryl methyl sites for hydroxylation is 1. The highest BCUT2D eigenvalue weighted by Crippen LogP contribution is 2.27. The molecule has 0 aliphatic rings. The SMILES string of the molecule is CCOC(=O)C(Br)Cc1cc(Cl)c(C)cc1Cl. The molecule has 1 atom stereocenters. The maximum absolute atomic E-state index is 11.5. The number of rotatable bonds is 4. The van der Waals surface area contributed by atoms with Crippen molar-refractivity contribution in [3.05, 3.63) is 33.3 Å². The molecule has 0 saturated carbocycles. The van der Waals surface area contributed by atoms with Crippen LogP contribution in [0.3, 0.4) is 0 Å². The molecule has 0 saturated heterocycles. The highest BCUT2D eigenvalue weighted by Gasteiger charge is 2.18. The molecule has 0 aromatic heterocycles. The van der Waals surface area contributed by atoms with Gasteiger partial charge in [-0.05, 0) is 43.5 Å². The third-order valence-corrected chi connectivity index (χ3v) is 3.73. The van der Waals surface area contributed by atoms with Crippen LogP contribution < -0.4 is 0 Å². The lowest BCUT2D eigenvalue weighted by Crippen LogP contribution is -2.19. The Morgan fingerprint density at radius 3 is 2.65 bits per heavy atom. The van der Waals surface area contributed by atoms with Gasteiger partial charge in [-0.1, -0.05) is 39.1 Å². The zero-order valence-electron chi connectivity index (χ0n) is 9.60. The fourth-order valence-electron chi connectivity index (χ4n) is 1.35. The van der Waals surface area contributed by atoms with Crippen molar-refractivity contribution in [2.75, 3.05) is 6.61 Å². The van der Waals surface area contributed by atoms with Gasteiger partial charge in [-0.3, -0.25) is 4.79 Å². The number of hydrogen-bond acceptors (Lipinski definition) is 2. The summed E-state index contributed by atoms with van der Waals surface area (Å²) in [5.41, 5.74) is 1.75. The topological polar surface area (TPSA) is 26.3 Å². The summed E-state index contributed by atoms with van der Waals surface area (Å²) in [4.78, 5) is 11.1. The van der Waals surface area contributed by atoms with Gasteiger partial charge in [0, 0.05) is 10.0 Å². The van der Waals surface area contributed by atoms with E-state index in [2.05, 4.69) is 15.9 Å². The number of halogens is 3. The van der Waals surface area contributed by atoms with Crippen LogP contribution in [-0.4, -0.2) is 17.4 Å². The smallest absolute Gasteiger partial charge is 0.320 e. The van der Waals surface area contributed by atoms with Crippen molar-refractivity contribution in [3.63, 3.8) is 0 Å². The van der Waals surface area contributed by atoms with Crippen LogP contribution in [0.25, 0.3) is 0 Å². The second-order valence-electron chi connectivity index (χ2n) is 3.62. The Morgan fingerprint density at radius 1 is 1.41 bits per heavy atom. The van der Waals surface area contributed by atoms with Gasteiger partial charge in [0.15, 0.2) is 0 Å². The molecule has 0 heterocycles. The summed E-state index contributed by atoms with van der Waals surface area (Å²) in [6.07, 6.45) is 0.456. The van der Waals surface area contributed by atoms with E-state index < -0.39 is 4.83 Å². The van der Waals surface area contributed by atoms with Gasteiger partial charge >= 0.3 is 5.97 Å². The standard InChI is InChI=1S/C12H13BrCl2O2/c1-3-17-12(16)9(13)5-8-6-10(14)7(2)4-11(8)15/h4,6,9H,3,5H2,1-2H3. The molecular formula is C12H13BrCl2O2. The molecule has 94 valence electrons. The maximum atomic E-state index is 11.5. The van der Waals surface area contributed by atoms with Gasteiger partial charge in [0.25, 0.3) is 0 Å². The molecule has 1 aromatic rings. The second kappa shape index (κ2) is 6.62. The third-order valence-electron chi connectivity index (χ3n) is 2.27. The number of ether oxygens (including phenoxy) is 1. The summed E-state index contributed by atoms with van der Waals surface area (Å²) in [5, 5.41) is 1.26. The van der Waals surface area contributed by atoms with Crippen LogP contribution in [0.4, 0.5) is 0 Å². The molecule has 0 fully saturated rings. The first-order valence-corrected chi connectivity index (χ1v) is 6.88. The van der Waals surface area contributed by atoms with Gasteiger partial charge in [-0.25, -0.2) is 0 Å². The molecule has 0 radical (unpaired) electrons. The molecule has 0 amide bonds. The molecule has 0 aliphatic carbocycles. The Kier molecular flexibility index (Phi) is 5.77. The molecular weight excluding hydrogens is 327 g/mol. The van der Waals surface area contributed by atoms with Crippen LogP contribution in [0.2, 0.25) is 10.0 Å². The number of carbonyl (C=O) groups excluding carboxylic acids is 1. The summed E-state index contributed by atoms with van der Waals surface area (Å²) in [6, 6.07) is 3.58. The van der Waals surface area contributed by atoms with Crippen molar-refractivity contribution in [1.29, 1.82) is 0 Å². The van der Waals surface area contributed by atoms with E-state index in [0.29, 0.717) is 23.1 Å². The zero-order chi connectivity index (χ0) is 13.0. The van der Waals surface area contributed by atoms with Gasteiger partial charge in [0.2, 0.25) is 0 Å². The Morgan fingerprint density at radius 2 is 2.06 bits per heavy atom. The van der Waals surface area contributed by atoms with Crippen LogP contribution in [0.15, 0.2) is 12.1 Å². The number of benzene rings is 1. The number of esters is 1. The van der Waals surface area contributed by atoms with E-state index in [1.165, 1.54) is 0 Å². The predicted molar refractivity (Wildman–Crippen MR) is 74.3 cm³/mol. The van der Waals surface area contributed by atoms with Crippen molar-refractivity contribution in [2.45, 2.75) is 25.1 Å². The largest absolute Gasteiger partial charge is 0.465 e. The van der Waals surface area contributed by atoms with Gasteiger partial charge in [0.1, 0.15) is 4.83 Å². The summed E-state index contributed by atoms with van der Waals surface area (Å²) < 4.78 is 4.91. The first-order chi connectivity index (χ1) is 7.95. The average molecular weight is 340 g/mol. The lowest BCUT2D eigenvalue weighted by Gasteiger charge is -2.11. The Bertz CT molecular complexity index is 421. The molecule has 1 unspecified atom stereocenters. The van der Waals surface area contributed by atoms with Crippen LogP contribution in [0, 0.1) is 6.92 Å². The molecule has 0 spiro atoms. The monoisotopic (exact) mass is 338 g/mol. The van der Waals surface area contributed by atoms with Gasteiger partial charge in [0.05, 0.1) is 6.61 Å². The fraction of sp³-hybridized carbons (Fsp3) is 0.417. The van der Waals surface area contributed by atoms with Crippen molar-refractivity contribution >= 4 is 45.1 Å². The first kappa shape index (κ1) is 14.8. The molecule has 17 heavy (non-hydrogen) atoms. The van der Waals surface area contributed by atoms with Crippen LogP contribution in [0.1, 0.15) is 18.1 Å². The van der Waals surface area contributed by atoms with E-state index in [1.54, 1.807) is 19.1 Å². The summed E-state index contributed by atoms with van der Waals surface area (Å²) in [7, 11) is 0. The van der Waals surface area contributed by atoms with Gasteiger partial charge < -0.3 is 4.74 Å². The summed E-state index contributed by atoms with van der Waals surface area (Å²) in [5.74, 6) is -0.291. The number of alkyl halides is 1. The normalized spacial score (nSPS) is 12.3. The minimum atomic E-state index is -0.404. The Hall–Kier alpha value is -0.250. The highest BCUT2D eigenvalue weighted by molar-refractivity contribution is 9.10. The fourth-order valence-corrected chi connectivity index (χ4v) is 2.32. The zero-order valence-corrected chi connectivity index (χ0v) is 12.7. The van der Waals surface area contributed by atoms with Crippen molar-refractivity contribution in [3.8, 4) is 0 Å². The van der Waals surface area contributed by atoms with E-state index in [4.69, 9.17) is 27.9 Å². The van der Waals surface area contributed by atoms with Crippen molar-refractivity contribution in [2.24, 2.45) is 0 Å². The Balaban J connectivity index is 2.81. The van der Waals surface area contributed by atoms with E-state index in [9.17, 15) is 4.79 Å². The van der Waals surface area contributed by atoms with Gasteiger partial charge in [-0.15, -0.1) is 0 Å². The molecule has 5 heteroatoms. The summed E-state index contributed by atoms with van der Waals surface area (Å²) >= 11 is 15.4. The van der Waals surface area contributed by atoms with Crippen molar-refractivity contribution in [1.82, 2.24) is 0 Å². The molecule has 2 nitrogen and oxygen atoms in total. The molecule has 0 bridgehead atoms. The van der Waals surface area contributed by atoms with E-state index in [1.807, 2.05) is 6.92 Å². The molecule has 0 aliphatic heterocycles. The minimum Gasteiger partial charge on any atom is -0.465 e. The van der Waals surface area contributed by atoms with Crippen molar-refractivity contribution < 1.29 is 9.53 Å². The van der Waals surface area contributed by atoms with E-state index in [-0.39, 0.29) is 5.97 Å². The molecule has 1 aromatic carbocycles. The van der Waals surface area contributed by atoms with E-state index in [0.717, 1.165) is 11.1 Å². The molecule has 1 rings (SSSR count). The Labute approximate surface area is 119 Å². The lowest BCUT2D eigenvalue weighted by atomic mass is 10.1. The third kappa shape index (κ3) is 4.16. The first-order valence-electron chi connectivity index (χ1n) is 5.21.